The molecule has 0 aromatic heterocycles. The molecule has 0 aliphatic heterocycles. The Balaban J connectivity index is 2.51. The van der Waals surface area contributed by atoms with Crippen LogP contribution in [0.3, 0.4) is 0 Å². The van der Waals surface area contributed by atoms with Crippen LogP contribution in [-0.4, -0.2) is 12.3 Å². The summed E-state index contributed by atoms with van der Waals surface area (Å²) >= 11 is 5.70. The van der Waals surface area contributed by atoms with Crippen molar-refractivity contribution in [3.63, 3.8) is 0 Å². The zero-order valence-electron chi connectivity index (χ0n) is 8.27. The van der Waals surface area contributed by atoms with Crippen LogP contribution < -0.4 is 4.74 Å². The highest BCUT2D eigenvalue weighted by Gasteiger charge is 2.07. The number of halogens is 1. The number of rotatable bonds is 4. The molecule has 0 aliphatic rings. The van der Waals surface area contributed by atoms with Crippen LogP contribution in [0.15, 0.2) is 36.9 Å². The lowest BCUT2D eigenvalue weighted by molar-refractivity contribution is -0.154. The van der Waals surface area contributed by atoms with Gasteiger partial charge in [0.05, 0.1) is 0 Å². The number of ether oxygens (including phenoxy) is 2. The standard InChI is InChI=1S/C11H11ClO3/c1-3-11(13)15-8(2)14-10-6-4-9(12)5-7-10/h3-8H,1H2,2H3. The molecule has 3 nitrogen and oxygen atoms in total. The van der Waals surface area contributed by atoms with Gasteiger partial charge in [-0.3, -0.25) is 0 Å². The van der Waals surface area contributed by atoms with Gasteiger partial charge in [0.2, 0.25) is 6.29 Å². The zero-order valence-corrected chi connectivity index (χ0v) is 9.03. The van der Waals surface area contributed by atoms with Crippen molar-refractivity contribution >= 4 is 17.6 Å². The molecule has 1 rings (SSSR count). The molecule has 15 heavy (non-hydrogen) atoms. The van der Waals surface area contributed by atoms with E-state index in [4.69, 9.17) is 21.1 Å². The lowest BCUT2D eigenvalue weighted by Gasteiger charge is -2.14. The fourth-order valence-electron chi connectivity index (χ4n) is 0.941. The molecule has 0 saturated heterocycles. The highest BCUT2D eigenvalue weighted by Crippen LogP contribution is 2.16. The van der Waals surface area contributed by atoms with Gasteiger partial charge in [-0.25, -0.2) is 4.79 Å². The first-order valence-electron chi connectivity index (χ1n) is 4.37. The maximum absolute atomic E-state index is 10.8. The van der Waals surface area contributed by atoms with Crippen LogP contribution in [0.5, 0.6) is 5.75 Å². The number of esters is 1. The van der Waals surface area contributed by atoms with Crippen molar-refractivity contribution < 1.29 is 14.3 Å². The largest absolute Gasteiger partial charge is 0.455 e. The van der Waals surface area contributed by atoms with Crippen LogP contribution in [-0.2, 0) is 9.53 Å². The minimum absolute atomic E-state index is 0.517. The second kappa shape index (κ2) is 5.41. The van der Waals surface area contributed by atoms with Crippen LogP contribution in [0.1, 0.15) is 6.92 Å². The van der Waals surface area contributed by atoms with Gasteiger partial charge in [0.25, 0.3) is 0 Å². The first-order valence-corrected chi connectivity index (χ1v) is 4.75. The molecule has 1 aromatic rings. The maximum Gasteiger partial charge on any atom is 0.333 e. The number of carbonyl (C=O) groups is 1. The normalized spacial score (nSPS) is 11.6. The molecule has 0 aliphatic carbocycles. The van der Waals surface area contributed by atoms with Crippen molar-refractivity contribution in [2.24, 2.45) is 0 Å². The van der Waals surface area contributed by atoms with E-state index in [0.29, 0.717) is 10.8 Å². The van der Waals surface area contributed by atoms with Gasteiger partial charge in [-0.15, -0.1) is 0 Å². The van der Waals surface area contributed by atoms with Gasteiger partial charge in [0.15, 0.2) is 0 Å². The number of carbonyl (C=O) groups excluding carboxylic acids is 1. The van der Waals surface area contributed by atoms with Crippen LogP contribution in [0.25, 0.3) is 0 Å². The lowest BCUT2D eigenvalue weighted by Crippen LogP contribution is -2.19. The predicted molar refractivity (Wildman–Crippen MR) is 57.8 cm³/mol. The number of benzene rings is 1. The van der Waals surface area contributed by atoms with E-state index >= 15 is 0 Å². The molecular formula is C11H11ClO3. The Kier molecular flexibility index (Phi) is 4.18. The van der Waals surface area contributed by atoms with Gasteiger partial charge in [-0.1, -0.05) is 18.2 Å². The molecule has 0 fully saturated rings. The minimum Gasteiger partial charge on any atom is -0.455 e. The molecule has 0 bridgehead atoms. The van der Waals surface area contributed by atoms with Crippen LogP contribution in [0.2, 0.25) is 5.02 Å². The summed E-state index contributed by atoms with van der Waals surface area (Å²) in [5, 5.41) is 0.623. The Morgan fingerprint density at radius 2 is 2.07 bits per heavy atom. The van der Waals surface area contributed by atoms with E-state index in [0.717, 1.165) is 6.08 Å². The van der Waals surface area contributed by atoms with Crippen molar-refractivity contribution in [3.8, 4) is 5.75 Å². The first kappa shape index (κ1) is 11.6. The van der Waals surface area contributed by atoms with E-state index < -0.39 is 12.3 Å². The van der Waals surface area contributed by atoms with E-state index in [-0.39, 0.29) is 0 Å². The molecule has 0 spiro atoms. The maximum atomic E-state index is 10.8. The highest BCUT2D eigenvalue weighted by atomic mass is 35.5. The van der Waals surface area contributed by atoms with E-state index in [2.05, 4.69) is 6.58 Å². The summed E-state index contributed by atoms with van der Waals surface area (Å²) in [6.45, 7) is 4.91. The quantitative estimate of drug-likeness (QED) is 0.450. The Morgan fingerprint density at radius 1 is 1.47 bits per heavy atom. The van der Waals surface area contributed by atoms with Gasteiger partial charge in [0.1, 0.15) is 5.75 Å². The molecule has 0 heterocycles. The van der Waals surface area contributed by atoms with Crippen molar-refractivity contribution in [2.75, 3.05) is 0 Å². The second-order valence-electron chi connectivity index (χ2n) is 2.78. The van der Waals surface area contributed by atoms with Gasteiger partial charge in [-0.2, -0.15) is 0 Å². The van der Waals surface area contributed by atoms with Crippen molar-refractivity contribution in [2.45, 2.75) is 13.2 Å². The third-order valence-electron chi connectivity index (χ3n) is 1.56. The third kappa shape index (κ3) is 4.04. The first-order chi connectivity index (χ1) is 7.11. The summed E-state index contributed by atoms with van der Waals surface area (Å²) < 4.78 is 10.1. The Bertz CT molecular complexity index is 345. The summed E-state index contributed by atoms with van der Waals surface area (Å²) in [6, 6.07) is 6.78. The SMILES string of the molecule is C=CC(=O)OC(C)Oc1ccc(Cl)cc1. The molecule has 80 valence electrons. The average Bonchev–Trinajstić information content (AvgIpc) is 2.21. The second-order valence-corrected chi connectivity index (χ2v) is 3.22. The molecule has 0 radical (unpaired) electrons. The van der Waals surface area contributed by atoms with Crippen molar-refractivity contribution in [1.29, 1.82) is 0 Å². The number of hydrogen-bond donors (Lipinski definition) is 0. The molecular weight excluding hydrogens is 216 g/mol. The van der Waals surface area contributed by atoms with E-state index in [1.54, 1.807) is 31.2 Å². The monoisotopic (exact) mass is 226 g/mol. The molecule has 1 unspecified atom stereocenters. The molecule has 1 atom stereocenters. The Labute approximate surface area is 93.3 Å². The summed E-state index contributed by atoms with van der Waals surface area (Å²) in [6.07, 6.45) is 0.429. The van der Waals surface area contributed by atoms with Gasteiger partial charge >= 0.3 is 5.97 Å². The van der Waals surface area contributed by atoms with E-state index in [1.165, 1.54) is 0 Å². The number of hydrogen-bond acceptors (Lipinski definition) is 3. The Hall–Kier alpha value is -1.48. The fourth-order valence-corrected chi connectivity index (χ4v) is 1.07. The lowest BCUT2D eigenvalue weighted by atomic mass is 10.3. The highest BCUT2D eigenvalue weighted by molar-refractivity contribution is 6.30. The van der Waals surface area contributed by atoms with Gasteiger partial charge in [-0.05, 0) is 24.3 Å². The minimum atomic E-state index is -0.656. The van der Waals surface area contributed by atoms with E-state index in [1.807, 2.05) is 0 Å². The average molecular weight is 227 g/mol. The molecule has 0 saturated carbocycles. The van der Waals surface area contributed by atoms with E-state index in [9.17, 15) is 4.79 Å². The van der Waals surface area contributed by atoms with Crippen LogP contribution >= 0.6 is 11.6 Å². The molecule has 0 N–H and O–H groups in total. The fraction of sp³-hybridized carbons (Fsp3) is 0.182. The molecule has 1 aromatic carbocycles. The van der Waals surface area contributed by atoms with Gasteiger partial charge < -0.3 is 9.47 Å². The van der Waals surface area contributed by atoms with Crippen molar-refractivity contribution in [3.05, 3.63) is 41.9 Å². The molecule has 4 heteroatoms. The summed E-state index contributed by atoms with van der Waals surface area (Å²) in [4.78, 5) is 10.8. The topological polar surface area (TPSA) is 35.5 Å². The predicted octanol–water partition coefficient (Wildman–Crippen LogP) is 2.79. The summed E-state index contributed by atoms with van der Waals surface area (Å²) in [7, 11) is 0. The molecule has 0 amide bonds. The van der Waals surface area contributed by atoms with Crippen LogP contribution in [0, 0.1) is 0 Å². The van der Waals surface area contributed by atoms with Crippen molar-refractivity contribution in [1.82, 2.24) is 0 Å². The smallest absolute Gasteiger partial charge is 0.333 e. The Morgan fingerprint density at radius 3 is 2.60 bits per heavy atom. The van der Waals surface area contributed by atoms with Gasteiger partial charge in [0, 0.05) is 18.0 Å². The summed E-state index contributed by atoms with van der Waals surface area (Å²) in [5.74, 6) is 0.0697. The summed E-state index contributed by atoms with van der Waals surface area (Å²) in [5.41, 5.74) is 0. The zero-order chi connectivity index (χ0) is 11.3. The van der Waals surface area contributed by atoms with Crippen LogP contribution in [0.4, 0.5) is 0 Å². The third-order valence-corrected chi connectivity index (χ3v) is 1.82.